The molecule has 164 valence electrons. The van der Waals surface area contributed by atoms with Crippen LogP contribution < -0.4 is 15.8 Å². The van der Waals surface area contributed by atoms with E-state index in [-0.39, 0.29) is 27.0 Å². The van der Waals surface area contributed by atoms with Gasteiger partial charge in [0, 0.05) is 18.3 Å². The van der Waals surface area contributed by atoms with E-state index in [9.17, 15) is 26.0 Å². The number of anilines is 1. The van der Waals surface area contributed by atoms with E-state index in [0.29, 0.717) is 11.8 Å². The van der Waals surface area contributed by atoms with Crippen molar-refractivity contribution in [2.24, 2.45) is 10.9 Å². The molecule has 0 aliphatic rings. The Hall–Kier alpha value is -3.03. The van der Waals surface area contributed by atoms with Crippen LogP contribution in [0.2, 0.25) is 0 Å². The molecule has 1 aromatic heterocycles. The molecule has 7 nitrogen and oxygen atoms in total. The third-order valence-electron chi connectivity index (χ3n) is 4.35. The average Bonchev–Trinajstić information content (AvgIpc) is 3.13. The fourth-order valence-corrected chi connectivity index (χ4v) is 3.35. The number of hydrogen-bond donors (Lipinski definition) is 2. The minimum Gasteiger partial charge on any atom is -0.376 e. The number of rotatable bonds is 4. The monoisotopic (exact) mass is 473 g/mol. The fraction of sp³-hybridized carbons (Fsp3) is 0.111. The van der Waals surface area contributed by atoms with Gasteiger partial charge < -0.3 is 10.6 Å². The maximum atomic E-state index is 14.6. The van der Waals surface area contributed by atoms with Crippen LogP contribution in [0.4, 0.5) is 23.2 Å². The molecule has 3 rings (SSSR count). The lowest BCUT2D eigenvalue weighted by Crippen LogP contribution is -2.31. The molecule has 4 N–H and O–H groups in total. The summed E-state index contributed by atoms with van der Waals surface area (Å²) >= 11 is 4.87. The molecule has 0 fully saturated rings. The van der Waals surface area contributed by atoms with E-state index in [1.165, 1.54) is 36.2 Å². The quantitative estimate of drug-likeness (QED) is 0.446. The van der Waals surface area contributed by atoms with E-state index < -0.39 is 27.7 Å². The van der Waals surface area contributed by atoms with E-state index in [0.717, 1.165) is 22.9 Å². The SMILES string of the molecule is CN(C(N)=S)c1ccc(F)c(-c2cc(C(F)(F)F)nn2-c2ccc(S(N)(=O)=O)cc2)c1. The molecule has 0 spiro atoms. The highest BCUT2D eigenvalue weighted by atomic mass is 32.2. The molecule has 13 heteroatoms. The largest absolute Gasteiger partial charge is 0.435 e. The topological polar surface area (TPSA) is 107 Å². The van der Waals surface area contributed by atoms with Crippen molar-refractivity contribution in [1.29, 1.82) is 0 Å². The Morgan fingerprint density at radius 2 is 1.74 bits per heavy atom. The Balaban J connectivity index is 2.23. The van der Waals surface area contributed by atoms with E-state index in [1.807, 2.05) is 0 Å². The number of nitrogens with two attached hydrogens (primary N) is 2. The van der Waals surface area contributed by atoms with Gasteiger partial charge in [0.05, 0.1) is 16.3 Å². The average molecular weight is 473 g/mol. The molecule has 0 radical (unpaired) electrons. The first kappa shape index (κ1) is 22.7. The van der Waals surface area contributed by atoms with Crippen LogP contribution in [0.5, 0.6) is 0 Å². The van der Waals surface area contributed by atoms with Gasteiger partial charge in [-0.3, -0.25) is 0 Å². The van der Waals surface area contributed by atoms with Crippen LogP contribution >= 0.6 is 12.2 Å². The van der Waals surface area contributed by atoms with Crippen LogP contribution in [0.3, 0.4) is 0 Å². The van der Waals surface area contributed by atoms with Gasteiger partial charge in [0.15, 0.2) is 10.8 Å². The van der Waals surface area contributed by atoms with Crippen molar-refractivity contribution >= 4 is 33.0 Å². The second-order valence-electron chi connectivity index (χ2n) is 6.42. The van der Waals surface area contributed by atoms with Crippen molar-refractivity contribution in [2.45, 2.75) is 11.1 Å². The normalized spacial score (nSPS) is 12.1. The van der Waals surface area contributed by atoms with Crippen molar-refractivity contribution < 1.29 is 26.0 Å². The highest BCUT2D eigenvalue weighted by molar-refractivity contribution is 7.89. The van der Waals surface area contributed by atoms with Gasteiger partial charge in [-0.05, 0) is 60.7 Å². The molecule has 0 bridgehead atoms. The van der Waals surface area contributed by atoms with Gasteiger partial charge in [-0.15, -0.1) is 0 Å². The zero-order chi connectivity index (χ0) is 23.1. The van der Waals surface area contributed by atoms with Gasteiger partial charge in [0.25, 0.3) is 0 Å². The Morgan fingerprint density at radius 1 is 1.13 bits per heavy atom. The molecule has 2 aromatic carbocycles. The number of alkyl halides is 3. The van der Waals surface area contributed by atoms with Gasteiger partial charge in [-0.1, -0.05) is 0 Å². The van der Waals surface area contributed by atoms with E-state index >= 15 is 0 Å². The zero-order valence-corrected chi connectivity index (χ0v) is 17.4. The second-order valence-corrected chi connectivity index (χ2v) is 8.40. The van der Waals surface area contributed by atoms with Crippen LogP contribution in [0, 0.1) is 5.82 Å². The van der Waals surface area contributed by atoms with Gasteiger partial charge in [-0.25, -0.2) is 22.6 Å². The van der Waals surface area contributed by atoms with E-state index in [4.69, 9.17) is 23.1 Å². The number of nitrogens with zero attached hydrogens (tertiary/aromatic N) is 3. The molecule has 31 heavy (non-hydrogen) atoms. The van der Waals surface area contributed by atoms with E-state index in [1.54, 1.807) is 0 Å². The molecule has 3 aromatic rings. The van der Waals surface area contributed by atoms with Crippen LogP contribution in [-0.4, -0.2) is 30.4 Å². The second kappa shape index (κ2) is 7.90. The summed E-state index contributed by atoms with van der Waals surface area (Å²) < 4.78 is 78.4. The van der Waals surface area contributed by atoms with Crippen LogP contribution in [-0.2, 0) is 16.2 Å². The smallest absolute Gasteiger partial charge is 0.376 e. The standard InChI is InChI=1S/C18H15F4N5O2S2/c1-26(17(23)30)11-4-7-14(19)13(8-11)15-9-16(18(20,21)22)25-27(15)10-2-5-12(6-3-10)31(24,28)29/h2-9H,1H3,(H2,23,30)(H2,24,28,29). The highest BCUT2D eigenvalue weighted by Crippen LogP contribution is 2.35. The third-order valence-corrected chi connectivity index (χ3v) is 5.56. The molecule has 0 saturated carbocycles. The van der Waals surface area contributed by atoms with Gasteiger partial charge >= 0.3 is 6.18 Å². The molecule has 0 aliphatic heterocycles. The van der Waals surface area contributed by atoms with Gasteiger partial charge in [0.2, 0.25) is 10.0 Å². The summed E-state index contributed by atoms with van der Waals surface area (Å²) in [5.74, 6) is -0.809. The summed E-state index contributed by atoms with van der Waals surface area (Å²) in [6, 6.07) is 9.03. The number of halogens is 4. The van der Waals surface area contributed by atoms with Gasteiger partial charge in [-0.2, -0.15) is 18.3 Å². The number of thiocarbonyl (C=S) groups is 1. The number of sulfonamides is 1. The lowest BCUT2D eigenvalue weighted by atomic mass is 10.1. The Labute approximate surface area is 179 Å². The summed E-state index contributed by atoms with van der Waals surface area (Å²) in [4.78, 5) is 1.11. The lowest BCUT2D eigenvalue weighted by molar-refractivity contribution is -0.141. The summed E-state index contributed by atoms with van der Waals surface area (Å²) in [7, 11) is -2.49. The first-order valence-corrected chi connectivity index (χ1v) is 10.4. The molecule has 0 amide bonds. The molecule has 0 unspecified atom stereocenters. The van der Waals surface area contributed by atoms with Crippen molar-refractivity contribution in [1.82, 2.24) is 9.78 Å². The Kier molecular flexibility index (Phi) is 5.78. The van der Waals surface area contributed by atoms with E-state index in [2.05, 4.69) is 5.10 Å². The van der Waals surface area contributed by atoms with Crippen LogP contribution in [0.25, 0.3) is 16.9 Å². The molecule has 1 heterocycles. The number of aromatic nitrogens is 2. The zero-order valence-electron chi connectivity index (χ0n) is 15.8. The maximum Gasteiger partial charge on any atom is 0.435 e. The summed E-state index contributed by atoms with van der Waals surface area (Å²) in [6.45, 7) is 0. The number of hydrogen-bond acceptors (Lipinski definition) is 4. The highest BCUT2D eigenvalue weighted by Gasteiger charge is 2.35. The van der Waals surface area contributed by atoms with Crippen molar-refractivity contribution in [3.63, 3.8) is 0 Å². The lowest BCUT2D eigenvalue weighted by Gasteiger charge is -2.18. The first-order chi connectivity index (χ1) is 14.3. The molecule has 0 atom stereocenters. The molecular weight excluding hydrogens is 458 g/mol. The Bertz CT molecular complexity index is 1250. The summed E-state index contributed by atoms with van der Waals surface area (Å²) in [6.07, 6.45) is -4.80. The number of benzene rings is 2. The van der Waals surface area contributed by atoms with Crippen LogP contribution in [0.15, 0.2) is 53.4 Å². The van der Waals surface area contributed by atoms with Crippen molar-refractivity contribution in [3.8, 4) is 16.9 Å². The summed E-state index contributed by atoms with van der Waals surface area (Å²) in [5.41, 5.74) is 4.30. The minimum absolute atomic E-state index is 0.0272. The minimum atomic E-state index is -4.80. The third kappa shape index (κ3) is 4.68. The van der Waals surface area contributed by atoms with Gasteiger partial charge in [0.1, 0.15) is 5.82 Å². The predicted octanol–water partition coefficient (Wildman–Crippen LogP) is 3.02. The predicted molar refractivity (Wildman–Crippen MR) is 111 cm³/mol. The Morgan fingerprint density at radius 3 is 2.26 bits per heavy atom. The first-order valence-electron chi connectivity index (χ1n) is 8.42. The van der Waals surface area contributed by atoms with Crippen molar-refractivity contribution in [3.05, 3.63) is 60.0 Å². The molecule has 0 aliphatic carbocycles. The van der Waals surface area contributed by atoms with Crippen molar-refractivity contribution in [2.75, 3.05) is 11.9 Å². The fourth-order valence-electron chi connectivity index (χ4n) is 2.73. The molecular formula is C18H15F4N5O2S2. The molecule has 0 saturated heterocycles. The maximum absolute atomic E-state index is 14.6. The van der Waals surface area contributed by atoms with Crippen LogP contribution in [0.1, 0.15) is 5.69 Å². The summed E-state index contributed by atoms with van der Waals surface area (Å²) in [5, 5.41) is 8.57. The number of primary sulfonamides is 1.